The normalized spacial score (nSPS) is 17.6. The minimum atomic E-state index is 0.0312. The predicted octanol–water partition coefficient (Wildman–Crippen LogP) is 3.81. The number of furan rings is 1. The lowest BCUT2D eigenvalue weighted by Crippen LogP contribution is -2.41. The molecule has 2 atom stereocenters. The molecule has 0 bridgehead atoms. The predicted molar refractivity (Wildman–Crippen MR) is 104 cm³/mol. The molecule has 2 aromatic rings. The first-order valence-corrected chi connectivity index (χ1v) is 9.58. The Morgan fingerprint density at radius 1 is 1.12 bits per heavy atom. The molecule has 1 aliphatic rings. The molecule has 26 heavy (non-hydrogen) atoms. The number of amides is 1. The first kappa shape index (κ1) is 18.7. The topological polar surface area (TPSA) is 57.5 Å². The van der Waals surface area contributed by atoms with Gasteiger partial charge in [0.15, 0.2) is 0 Å². The second kappa shape index (κ2) is 9.55. The van der Waals surface area contributed by atoms with Crippen LogP contribution in [0.1, 0.15) is 44.4 Å². The Morgan fingerprint density at radius 2 is 1.88 bits per heavy atom. The summed E-state index contributed by atoms with van der Waals surface area (Å²) in [6.45, 7) is 5.05. The summed E-state index contributed by atoms with van der Waals surface area (Å²) in [5, 5.41) is 6.47. The molecular formula is C21H29N3O2. The maximum atomic E-state index is 12.2. The van der Waals surface area contributed by atoms with Crippen LogP contribution in [-0.4, -0.2) is 36.5 Å². The number of anilines is 1. The van der Waals surface area contributed by atoms with Crippen LogP contribution in [0.3, 0.4) is 0 Å². The third kappa shape index (κ3) is 5.44. The van der Waals surface area contributed by atoms with Crippen LogP contribution in [0.25, 0.3) is 0 Å². The quantitative estimate of drug-likeness (QED) is 0.756. The van der Waals surface area contributed by atoms with Gasteiger partial charge in [-0.25, -0.2) is 0 Å². The number of carbonyl (C=O) groups is 1. The fraction of sp³-hybridized carbons (Fsp3) is 0.476. The van der Waals surface area contributed by atoms with E-state index in [4.69, 9.17) is 4.42 Å². The van der Waals surface area contributed by atoms with Gasteiger partial charge >= 0.3 is 0 Å². The smallest absolute Gasteiger partial charge is 0.225 e. The Bertz CT molecular complexity index is 651. The zero-order valence-corrected chi connectivity index (χ0v) is 15.5. The fourth-order valence-electron chi connectivity index (χ4n) is 3.52. The zero-order chi connectivity index (χ0) is 18.2. The Hall–Kier alpha value is -2.11. The number of nitrogens with zero attached hydrogens (tertiary/aromatic N) is 1. The average molecular weight is 355 g/mol. The monoisotopic (exact) mass is 355 g/mol. The van der Waals surface area contributed by atoms with E-state index in [0.29, 0.717) is 6.42 Å². The van der Waals surface area contributed by atoms with Crippen LogP contribution in [0.5, 0.6) is 0 Å². The van der Waals surface area contributed by atoms with Gasteiger partial charge in [0.1, 0.15) is 5.76 Å². The number of hydrogen-bond acceptors (Lipinski definition) is 4. The third-order valence-corrected chi connectivity index (χ3v) is 4.91. The van der Waals surface area contributed by atoms with Crippen LogP contribution < -0.4 is 10.6 Å². The van der Waals surface area contributed by atoms with Crippen LogP contribution >= 0.6 is 0 Å². The number of hydrogen-bond donors (Lipinski definition) is 2. The summed E-state index contributed by atoms with van der Waals surface area (Å²) in [7, 11) is 0. The fourth-order valence-corrected chi connectivity index (χ4v) is 3.52. The highest BCUT2D eigenvalue weighted by Gasteiger charge is 2.24. The Kier molecular flexibility index (Phi) is 6.86. The molecule has 2 N–H and O–H groups in total. The van der Waals surface area contributed by atoms with Crippen LogP contribution in [0, 0.1) is 0 Å². The van der Waals surface area contributed by atoms with Gasteiger partial charge in [0.05, 0.1) is 12.3 Å². The lowest BCUT2D eigenvalue weighted by molar-refractivity contribution is -0.116. The average Bonchev–Trinajstić information content (AvgIpc) is 3.18. The molecule has 1 saturated heterocycles. The highest BCUT2D eigenvalue weighted by molar-refractivity contribution is 5.90. The van der Waals surface area contributed by atoms with E-state index >= 15 is 0 Å². The summed E-state index contributed by atoms with van der Waals surface area (Å²) in [6, 6.07) is 13.9. The van der Waals surface area contributed by atoms with Crippen molar-refractivity contribution in [2.45, 2.75) is 44.7 Å². The molecule has 2 unspecified atom stereocenters. The Labute approximate surface area is 155 Å². The summed E-state index contributed by atoms with van der Waals surface area (Å²) in [5.41, 5.74) is 0.839. The van der Waals surface area contributed by atoms with Crippen molar-refractivity contribution in [2.75, 3.05) is 25.0 Å². The summed E-state index contributed by atoms with van der Waals surface area (Å²) in [4.78, 5) is 14.7. The molecule has 0 aliphatic carbocycles. The zero-order valence-electron chi connectivity index (χ0n) is 15.5. The largest absolute Gasteiger partial charge is 0.468 e. The molecule has 1 aromatic carbocycles. The molecule has 140 valence electrons. The lowest BCUT2D eigenvalue weighted by atomic mass is 10.1. The molecular weight excluding hydrogens is 326 g/mol. The number of likely N-dealkylation sites (tertiary alicyclic amines) is 1. The molecule has 0 radical (unpaired) electrons. The second-order valence-electron chi connectivity index (χ2n) is 7.06. The van der Waals surface area contributed by atoms with Crippen LogP contribution in [-0.2, 0) is 4.79 Å². The standard InChI is InChI=1S/C21H29N3O2/c1-17(15-21(25)23-18-9-4-2-5-10-18)22-16-19(20-11-8-14-26-20)24-12-6-3-7-13-24/h2,4-5,8-11,14,17,19,22H,3,6-7,12-13,15-16H2,1H3,(H,23,25). The number of nitrogens with one attached hydrogen (secondary N) is 2. The number of para-hydroxylation sites is 1. The first-order chi connectivity index (χ1) is 12.7. The Morgan fingerprint density at radius 3 is 2.58 bits per heavy atom. The van der Waals surface area contributed by atoms with Crippen molar-refractivity contribution in [3.8, 4) is 0 Å². The molecule has 1 amide bonds. The van der Waals surface area contributed by atoms with Gasteiger partial charge in [0.25, 0.3) is 0 Å². The van der Waals surface area contributed by atoms with Crippen molar-refractivity contribution in [3.05, 3.63) is 54.5 Å². The van der Waals surface area contributed by atoms with E-state index in [0.717, 1.165) is 31.1 Å². The molecule has 5 heteroatoms. The molecule has 1 aromatic heterocycles. The van der Waals surface area contributed by atoms with Crippen molar-refractivity contribution < 1.29 is 9.21 Å². The van der Waals surface area contributed by atoms with E-state index in [1.54, 1.807) is 6.26 Å². The molecule has 3 rings (SSSR count). The number of benzene rings is 1. The SMILES string of the molecule is CC(CC(=O)Nc1ccccc1)NCC(c1ccco1)N1CCCCC1. The van der Waals surface area contributed by atoms with Gasteiger partial charge < -0.3 is 15.1 Å². The highest BCUT2D eigenvalue weighted by Crippen LogP contribution is 2.24. The van der Waals surface area contributed by atoms with Gasteiger partial charge in [-0.2, -0.15) is 0 Å². The van der Waals surface area contributed by atoms with Crippen molar-refractivity contribution in [1.29, 1.82) is 0 Å². The van der Waals surface area contributed by atoms with Crippen molar-refractivity contribution in [1.82, 2.24) is 10.2 Å². The Balaban J connectivity index is 1.50. The maximum Gasteiger partial charge on any atom is 0.225 e. The molecule has 2 heterocycles. The third-order valence-electron chi connectivity index (χ3n) is 4.91. The number of carbonyl (C=O) groups excluding carboxylic acids is 1. The van der Waals surface area contributed by atoms with Gasteiger partial charge in [-0.05, 0) is 57.1 Å². The molecule has 0 spiro atoms. The minimum Gasteiger partial charge on any atom is -0.468 e. The minimum absolute atomic E-state index is 0.0312. The van der Waals surface area contributed by atoms with Gasteiger partial charge in [0, 0.05) is 24.7 Å². The summed E-state index contributed by atoms with van der Waals surface area (Å²) < 4.78 is 5.68. The molecule has 5 nitrogen and oxygen atoms in total. The van der Waals surface area contributed by atoms with Crippen LogP contribution in [0.15, 0.2) is 53.1 Å². The van der Waals surface area contributed by atoms with E-state index in [-0.39, 0.29) is 18.0 Å². The van der Waals surface area contributed by atoms with Crippen molar-refractivity contribution >= 4 is 11.6 Å². The van der Waals surface area contributed by atoms with E-state index < -0.39 is 0 Å². The van der Waals surface area contributed by atoms with Crippen molar-refractivity contribution in [2.24, 2.45) is 0 Å². The summed E-state index contributed by atoms with van der Waals surface area (Å²) >= 11 is 0. The van der Waals surface area contributed by atoms with E-state index in [1.807, 2.05) is 42.5 Å². The van der Waals surface area contributed by atoms with Gasteiger partial charge in [-0.1, -0.05) is 24.6 Å². The number of piperidine rings is 1. The second-order valence-corrected chi connectivity index (χ2v) is 7.06. The number of rotatable bonds is 8. The lowest BCUT2D eigenvalue weighted by Gasteiger charge is -2.34. The van der Waals surface area contributed by atoms with Crippen LogP contribution in [0.2, 0.25) is 0 Å². The first-order valence-electron chi connectivity index (χ1n) is 9.58. The van der Waals surface area contributed by atoms with Gasteiger partial charge in [-0.3, -0.25) is 9.69 Å². The van der Waals surface area contributed by atoms with E-state index in [1.165, 1.54) is 19.3 Å². The van der Waals surface area contributed by atoms with Gasteiger partial charge in [-0.15, -0.1) is 0 Å². The van der Waals surface area contributed by atoms with Crippen LogP contribution in [0.4, 0.5) is 5.69 Å². The van der Waals surface area contributed by atoms with E-state index in [2.05, 4.69) is 22.5 Å². The van der Waals surface area contributed by atoms with Crippen molar-refractivity contribution in [3.63, 3.8) is 0 Å². The molecule has 1 fully saturated rings. The maximum absolute atomic E-state index is 12.2. The molecule has 1 aliphatic heterocycles. The van der Waals surface area contributed by atoms with Gasteiger partial charge in [0.2, 0.25) is 5.91 Å². The molecule has 0 saturated carbocycles. The van der Waals surface area contributed by atoms with E-state index in [9.17, 15) is 4.79 Å². The highest BCUT2D eigenvalue weighted by atomic mass is 16.3. The summed E-state index contributed by atoms with van der Waals surface area (Å²) in [6.07, 6.45) is 5.98. The summed E-state index contributed by atoms with van der Waals surface area (Å²) in [5.74, 6) is 1.03.